The lowest BCUT2D eigenvalue weighted by Gasteiger charge is -2.06. The molecule has 0 spiro atoms. The monoisotopic (exact) mass is 230 g/mol. The average molecular weight is 230 g/mol. The molecule has 4 nitrogen and oxygen atoms in total. The zero-order valence-electron chi connectivity index (χ0n) is 9.43. The molecule has 0 aliphatic heterocycles. The highest BCUT2D eigenvalue weighted by Crippen LogP contribution is 2.20. The van der Waals surface area contributed by atoms with E-state index in [2.05, 4.69) is 17.1 Å². The standard InChI is InChI=1S/C10H18N2O2S/c1-7(2)10-12-11-9(14-10)6-15-8(3)4-5-13/h7-8,13H,4-6H2,1-3H3/t8-/m0/s1. The van der Waals surface area contributed by atoms with E-state index in [0.29, 0.717) is 17.0 Å². The van der Waals surface area contributed by atoms with Gasteiger partial charge in [0.2, 0.25) is 11.8 Å². The van der Waals surface area contributed by atoms with Crippen molar-refractivity contribution >= 4 is 11.8 Å². The summed E-state index contributed by atoms with van der Waals surface area (Å²) in [6.45, 7) is 6.37. The molecule has 0 saturated heterocycles. The van der Waals surface area contributed by atoms with Crippen LogP contribution in [-0.4, -0.2) is 27.2 Å². The topological polar surface area (TPSA) is 59.2 Å². The van der Waals surface area contributed by atoms with E-state index in [1.165, 1.54) is 0 Å². The summed E-state index contributed by atoms with van der Waals surface area (Å²) in [4.78, 5) is 0. The van der Waals surface area contributed by atoms with E-state index < -0.39 is 0 Å². The maximum Gasteiger partial charge on any atom is 0.226 e. The van der Waals surface area contributed by atoms with E-state index in [0.717, 1.165) is 12.2 Å². The number of thioether (sulfide) groups is 1. The molecule has 0 amide bonds. The summed E-state index contributed by atoms with van der Waals surface area (Å²) in [7, 11) is 0. The lowest BCUT2D eigenvalue weighted by molar-refractivity contribution is 0.289. The minimum absolute atomic E-state index is 0.231. The van der Waals surface area contributed by atoms with Gasteiger partial charge in [-0.1, -0.05) is 20.8 Å². The second kappa shape index (κ2) is 6.12. The largest absolute Gasteiger partial charge is 0.424 e. The predicted octanol–water partition coefficient (Wildman–Crippen LogP) is 2.20. The van der Waals surface area contributed by atoms with Crippen molar-refractivity contribution in [2.75, 3.05) is 6.61 Å². The van der Waals surface area contributed by atoms with Gasteiger partial charge >= 0.3 is 0 Å². The van der Waals surface area contributed by atoms with Crippen LogP contribution in [0.5, 0.6) is 0 Å². The van der Waals surface area contributed by atoms with Crippen molar-refractivity contribution < 1.29 is 9.52 Å². The van der Waals surface area contributed by atoms with Crippen molar-refractivity contribution in [3.05, 3.63) is 11.8 Å². The Morgan fingerprint density at radius 1 is 1.33 bits per heavy atom. The van der Waals surface area contributed by atoms with Gasteiger partial charge in [-0.15, -0.1) is 22.0 Å². The number of rotatable bonds is 6. The molecular weight excluding hydrogens is 212 g/mol. The molecule has 0 saturated carbocycles. The lowest BCUT2D eigenvalue weighted by atomic mass is 10.2. The molecule has 1 atom stereocenters. The van der Waals surface area contributed by atoms with E-state index in [1.807, 2.05) is 13.8 Å². The van der Waals surface area contributed by atoms with Crippen LogP contribution < -0.4 is 0 Å². The summed E-state index contributed by atoms with van der Waals surface area (Å²) >= 11 is 1.72. The lowest BCUT2D eigenvalue weighted by Crippen LogP contribution is -1.99. The maximum absolute atomic E-state index is 8.75. The number of aliphatic hydroxyl groups excluding tert-OH is 1. The van der Waals surface area contributed by atoms with Gasteiger partial charge in [0.05, 0.1) is 5.75 Å². The third-order valence-electron chi connectivity index (χ3n) is 2.00. The van der Waals surface area contributed by atoms with Gasteiger partial charge in [-0.05, 0) is 6.42 Å². The van der Waals surface area contributed by atoms with Crippen LogP contribution in [0.25, 0.3) is 0 Å². The molecule has 0 unspecified atom stereocenters. The molecule has 1 aromatic heterocycles. The van der Waals surface area contributed by atoms with Gasteiger partial charge in [0.1, 0.15) is 0 Å². The van der Waals surface area contributed by atoms with Crippen molar-refractivity contribution in [2.45, 2.75) is 44.1 Å². The summed E-state index contributed by atoms with van der Waals surface area (Å²) in [5.74, 6) is 2.38. The number of hydrogen-bond donors (Lipinski definition) is 1. The van der Waals surface area contributed by atoms with Crippen molar-refractivity contribution in [1.29, 1.82) is 0 Å². The molecule has 0 fully saturated rings. The average Bonchev–Trinajstić information content (AvgIpc) is 2.63. The number of aromatic nitrogens is 2. The SMILES string of the molecule is CC(C)c1nnc(CS[C@@H](C)CCO)o1. The highest BCUT2D eigenvalue weighted by Gasteiger charge is 2.10. The Labute approximate surface area is 94.5 Å². The van der Waals surface area contributed by atoms with Crippen LogP contribution in [0.2, 0.25) is 0 Å². The van der Waals surface area contributed by atoms with Gasteiger partial charge in [0, 0.05) is 17.8 Å². The van der Waals surface area contributed by atoms with Crippen LogP contribution in [0.4, 0.5) is 0 Å². The third-order valence-corrected chi connectivity index (χ3v) is 3.22. The van der Waals surface area contributed by atoms with E-state index in [-0.39, 0.29) is 12.5 Å². The Balaban J connectivity index is 2.37. The zero-order valence-corrected chi connectivity index (χ0v) is 10.3. The summed E-state index contributed by atoms with van der Waals surface area (Å²) in [6, 6.07) is 0. The molecule has 1 N–H and O–H groups in total. The Bertz CT molecular complexity index is 289. The van der Waals surface area contributed by atoms with Gasteiger partial charge in [0.15, 0.2) is 0 Å². The first-order valence-corrected chi connectivity index (χ1v) is 6.23. The van der Waals surface area contributed by atoms with Gasteiger partial charge in [-0.25, -0.2) is 0 Å². The second-order valence-electron chi connectivity index (χ2n) is 3.82. The first-order chi connectivity index (χ1) is 7.13. The first-order valence-electron chi connectivity index (χ1n) is 5.18. The van der Waals surface area contributed by atoms with Crippen LogP contribution >= 0.6 is 11.8 Å². The smallest absolute Gasteiger partial charge is 0.226 e. The van der Waals surface area contributed by atoms with E-state index in [9.17, 15) is 0 Å². The molecule has 1 rings (SSSR count). The number of aliphatic hydroxyl groups is 1. The Kier molecular flexibility index (Phi) is 5.11. The summed E-state index contributed by atoms with van der Waals surface area (Å²) < 4.78 is 5.47. The van der Waals surface area contributed by atoms with Crippen LogP contribution in [0.1, 0.15) is 44.9 Å². The minimum Gasteiger partial charge on any atom is -0.424 e. The Hall–Kier alpha value is -0.550. The molecule has 0 aliphatic carbocycles. The van der Waals surface area contributed by atoms with E-state index in [4.69, 9.17) is 9.52 Å². The minimum atomic E-state index is 0.231. The van der Waals surface area contributed by atoms with Gasteiger partial charge in [-0.3, -0.25) is 0 Å². The molecule has 0 radical (unpaired) electrons. The van der Waals surface area contributed by atoms with Crippen LogP contribution in [0, 0.1) is 0 Å². The molecule has 15 heavy (non-hydrogen) atoms. The molecule has 86 valence electrons. The normalized spacial score (nSPS) is 13.4. The fourth-order valence-electron chi connectivity index (χ4n) is 1.04. The van der Waals surface area contributed by atoms with Crippen molar-refractivity contribution in [1.82, 2.24) is 10.2 Å². The molecule has 1 aromatic rings. The van der Waals surface area contributed by atoms with Crippen LogP contribution in [-0.2, 0) is 5.75 Å². The number of nitrogens with zero attached hydrogens (tertiary/aromatic N) is 2. The second-order valence-corrected chi connectivity index (χ2v) is 5.25. The fourth-order valence-corrected chi connectivity index (χ4v) is 1.85. The Morgan fingerprint density at radius 3 is 2.60 bits per heavy atom. The third kappa shape index (κ3) is 4.22. The predicted molar refractivity (Wildman–Crippen MR) is 60.8 cm³/mol. The van der Waals surface area contributed by atoms with Crippen molar-refractivity contribution in [3.8, 4) is 0 Å². The zero-order chi connectivity index (χ0) is 11.3. The first kappa shape index (κ1) is 12.5. The summed E-state index contributed by atoms with van der Waals surface area (Å²) in [6.07, 6.45) is 0.801. The van der Waals surface area contributed by atoms with Crippen LogP contribution in [0.15, 0.2) is 4.42 Å². The highest BCUT2D eigenvalue weighted by atomic mass is 32.2. The molecule has 0 aromatic carbocycles. The molecule has 5 heteroatoms. The highest BCUT2D eigenvalue weighted by molar-refractivity contribution is 7.99. The van der Waals surface area contributed by atoms with Gasteiger partial charge < -0.3 is 9.52 Å². The van der Waals surface area contributed by atoms with Crippen LogP contribution in [0.3, 0.4) is 0 Å². The van der Waals surface area contributed by atoms with Crippen molar-refractivity contribution in [3.63, 3.8) is 0 Å². The quantitative estimate of drug-likeness (QED) is 0.811. The number of hydrogen-bond acceptors (Lipinski definition) is 5. The van der Waals surface area contributed by atoms with E-state index in [1.54, 1.807) is 11.8 Å². The summed E-state index contributed by atoms with van der Waals surface area (Å²) in [5.41, 5.74) is 0. The van der Waals surface area contributed by atoms with Gasteiger partial charge in [0.25, 0.3) is 0 Å². The molecule has 0 bridgehead atoms. The fraction of sp³-hybridized carbons (Fsp3) is 0.800. The van der Waals surface area contributed by atoms with Crippen molar-refractivity contribution in [2.24, 2.45) is 0 Å². The van der Waals surface area contributed by atoms with Gasteiger partial charge in [-0.2, -0.15) is 0 Å². The Morgan fingerprint density at radius 2 is 2.07 bits per heavy atom. The molecule has 0 aliphatic rings. The molecule has 1 heterocycles. The van der Waals surface area contributed by atoms with E-state index >= 15 is 0 Å². The summed E-state index contributed by atoms with van der Waals surface area (Å²) in [5, 5.41) is 17.1. The maximum atomic E-state index is 8.75. The molecular formula is C10H18N2O2S.